The Hall–Kier alpha value is -1.93. The molecule has 4 N–H and O–H groups in total. The largest absolute Gasteiger partial charge is 0.356 e. The van der Waals surface area contributed by atoms with Crippen molar-refractivity contribution in [3.05, 3.63) is 12.3 Å². The number of nitrogens with one attached hydrogen (secondary N) is 2. The molecule has 4 rings (SSSR count). The average Bonchev–Trinajstić information content (AvgIpc) is 2.88. The molecular weight excluding hydrogens is 450 g/mol. The van der Waals surface area contributed by atoms with Crippen LogP contribution in [0.1, 0.15) is 96.3 Å². The van der Waals surface area contributed by atoms with E-state index in [1.54, 1.807) is 0 Å². The Morgan fingerprint density at radius 1 is 0.944 bits per heavy atom. The predicted octanol–water partition coefficient (Wildman–Crippen LogP) is 4.07. The smallest absolute Gasteiger partial charge is 0.224 e. The van der Waals surface area contributed by atoms with Gasteiger partial charge in [-0.3, -0.25) is 9.69 Å². The van der Waals surface area contributed by atoms with Crippen molar-refractivity contribution in [2.45, 2.75) is 114 Å². The number of anilines is 2. The number of rotatable bonds is 10. The number of carbonyl (C=O) groups is 1. The van der Waals surface area contributed by atoms with E-state index in [1.807, 2.05) is 12.3 Å². The summed E-state index contributed by atoms with van der Waals surface area (Å²) in [5.41, 5.74) is 5.62. The van der Waals surface area contributed by atoms with Crippen molar-refractivity contribution in [2.24, 2.45) is 5.73 Å². The first-order valence-electron chi connectivity index (χ1n) is 14.8. The zero-order valence-electron chi connectivity index (χ0n) is 22.3. The van der Waals surface area contributed by atoms with E-state index in [0.717, 1.165) is 51.1 Å². The summed E-state index contributed by atoms with van der Waals surface area (Å²) in [6, 6.07) is 2.99. The number of likely N-dealkylation sites (tertiary alicyclic amines) is 1. The second kappa shape index (κ2) is 14.7. The van der Waals surface area contributed by atoms with E-state index in [1.165, 1.54) is 64.2 Å². The normalized spacial score (nSPS) is 24.6. The summed E-state index contributed by atoms with van der Waals surface area (Å²) in [5, 5.41) is 6.85. The zero-order chi connectivity index (χ0) is 25.0. The molecule has 2 saturated heterocycles. The first kappa shape index (κ1) is 27.1. The molecule has 2 atom stereocenters. The second-order valence-corrected chi connectivity index (χ2v) is 11.0. The molecule has 0 aromatic carbocycles. The van der Waals surface area contributed by atoms with Crippen LogP contribution in [0.15, 0.2) is 12.3 Å². The van der Waals surface area contributed by atoms with Gasteiger partial charge in [0.1, 0.15) is 5.82 Å². The fourth-order valence-corrected chi connectivity index (χ4v) is 6.37. The summed E-state index contributed by atoms with van der Waals surface area (Å²) in [6.45, 7) is 4.62. The van der Waals surface area contributed by atoms with Crippen molar-refractivity contribution in [3.8, 4) is 0 Å². The van der Waals surface area contributed by atoms with Gasteiger partial charge in [-0.1, -0.05) is 38.5 Å². The molecule has 1 aliphatic carbocycles. The van der Waals surface area contributed by atoms with Gasteiger partial charge in [-0.05, 0) is 70.5 Å². The summed E-state index contributed by atoms with van der Waals surface area (Å²) in [5.74, 6) is 1.89. The number of carbonyl (C=O) groups excluding carboxylic acids is 1. The molecular formula is C28H49N7O. The number of hydrogen-bond acceptors (Lipinski definition) is 7. The molecule has 0 unspecified atom stereocenters. The monoisotopic (exact) mass is 499 g/mol. The van der Waals surface area contributed by atoms with Crippen LogP contribution in [0.3, 0.4) is 0 Å². The van der Waals surface area contributed by atoms with Crippen LogP contribution in [0, 0.1) is 0 Å². The number of unbranched alkanes of at least 4 members (excludes halogenated alkanes) is 1. The van der Waals surface area contributed by atoms with Gasteiger partial charge in [0.05, 0.1) is 0 Å². The van der Waals surface area contributed by atoms with E-state index in [0.29, 0.717) is 31.5 Å². The molecule has 8 nitrogen and oxygen atoms in total. The summed E-state index contributed by atoms with van der Waals surface area (Å²) in [7, 11) is 0. The first-order chi connectivity index (χ1) is 17.7. The highest BCUT2D eigenvalue weighted by Crippen LogP contribution is 2.31. The van der Waals surface area contributed by atoms with E-state index in [-0.39, 0.29) is 18.0 Å². The molecule has 2 aliphatic heterocycles. The minimum atomic E-state index is 0.154. The topological polar surface area (TPSA) is 99.4 Å². The minimum absolute atomic E-state index is 0.154. The third kappa shape index (κ3) is 8.04. The average molecular weight is 500 g/mol. The van der Waals surface area contributed by atoms with Crippen molar-refractivity contribution < 1.29 is 4.79 Å². The fourth-order valence-electron chi connectivity index (χ4n) is 6.37. The van der Waals surface area contributed by atoms with Crippen LogP contribution in [0.2, 0.25) is 0 Å². The van der Waals surface area contributed by atoms with E-state index in [2.05, 4.69) is 25.4 Å². The van der Waals surface area contributed by atoms with Gasteiger partial charge in [-0.25, -0.2) is 4.98 Å². The highest BCUT2D eigenvalue weighted by atomic mass is 16.1. The Labute approximate surface area is 218 Å². The van der Waals surface area contributed by atoms with Crippen molar-refractivity contribution >= 4 is 17.7 Å². The number of aromatic nitrogens is 2. The molecule has 202 valence electrons. The molecule has 3 aliphatic rings. The molecule has 1 amide bonds. The van der Waals surface area contributed by atoms with Gasteiger partial charge < -0.3 is 21.3 Å². The zero-order valence-corrected chi connectivity index (χ0v) is 22.3. The molecule has 3 heterocycles. The van der Waals surface area contributed by atoms with Gasteiger partial charge in [0.25, 0.3) is 0 Å². The molecule has 3 fully saturated rings. The molecule has 8 heteroatoms. The number of piperidine rings is 1. The lowest BCUT2D eigenvalue weighted by molar-refractivity contribution is -0.123. The summed E-state index contributed by atoms with van der Waals surface area (Å²) < 4.78 is 0. The van der Waals surface area contributed by atoms with E-state index in [4.69, 9.17) is 10.7 Å². The van der Waals surface area contributed by atoms with Crippen LogP contribution >= 0.6 is 0 Å². The predicted molar refractivity (Wildman–Crippen MR) is 147 cm³/mol. The van der Waals surface area contributed by atoms with E-state index >= 15 is 0 Å². The summed E-state index contributed by atoms with van der Waals surface area (Å²) in [4.78, 5) is 27.6. The third-order valence-corrected chi connectivity index (χ3v) is 8.35. The maximum absolute atomic E-state index is 13.0. The number of nitrogens with zero attached hydrogens (tertiary/aromatic N) is 4. The van der Waals surface area contributed by atoms with Gasteiger partial charge in [0.2, 0.25) is 11.9 Å². The molecule has 0 spiro atoms. The van der Waals surface area contributed by atoms with Gasteiger partial charge in [-0.15, -0.1) is 0 Å². The summed E-state index contributed by atoms with van der Waals surface area (Å²) in [6.07, 6.45) is 19.4. The Kier molecular flexibility index (Phi) is 11.1. The Morgan fingerprint density at radius 2 is 1.69 bits per heavy atom. The molecule has 0 bridgehead atoms. The maximum atomic E-state index is 13.0. The second-order valence-electron chi connectivity index (χ2n) is 11.0. The van der Waals surface area contributed by atoms with Crippen LogP contribution in [-0.4, -0.2) is 71.6 Å². The lowest BCUT2D eigenvalue weighted by atomic mass is 9.87. The number of amides is 1. The van der Waals surface area contributed by atoms with Crippen LogP contribution in [0.5, 0.6) is 0 Å². The lowest BCUT2D eigenvalue weighted by Crippen LogP contribution is -2.57. The maximum Gasteiger partial charge on any atom is 0.224 e. The van der Waals surface area contributed by atoms with Gasteiger partial charge in [0, 0.05) is 50.4 Å². The first-order valence-corrected chi connectivity index (χ1v) is 14.8. The third-order valence-electron chi connectivity index (χ3n) is 8.35. The lowest BCUT2D eigenvalue weighted by Gasteiger charge is -2.46. The van der Waals surface area contributed by atoms with Crippen LogP contribution in [-0.2, 0) is 4.79 Å². The Bertz CT molecular complexity index is 777. The fraction of sp³-hybridized carbons (Fsp3) is 0.821. The number of hydrogen-bond donors (Lipinski definition) is 3. The van der Waals surface area contributed by atoms with Crippen molar-refractivity contribution in [1.29, 1.82) is 0 Å². The van der Waals surface area contributed by atoms with E-state index in [9.17, 15) is 4.79 Å². The van der Waals surface area contributed by atoms with E-state index < -0.39 is 0 Å². The standard InChI is InChI=1S/C28H49N7O/c29-16-7-8-17-30-27(36)22-25-24(14-11-21-35(25)23-12-5-4-6-13-23)32-28-31-18-15-26(33-28)34-19-9-2-1-3-10-20-34/h15,18,23-25H,1-14,16-17,19-22,29H2,(H,30,36)(H,31,32,33)/t24-,25+/m0/s1. The van der Waals surface area contributed by atoms with Gasteiger partial charge >= 0.3 is 0 Å². The quantitative estimate of drug-likeness (QED) is 0.417. The highest BCUT2D eigenvalue weighted by molar-refractivity contribution is 5.76. The minimum Gasteiger partial charge on any atom is -0.356 e. The SMILES string of the molecule is NCCCCNC(=O)C[C@@H]1[C@@H](Nc2nccc(N3CCCCCCC3)n2)CCCN1C1CCCCC1. The molecule has 1 aromatic heterocycles. The van der Waals surface area contributed by atoms with Gasteiger partial charge in [0.15, 0.2) is 0 Å². The molecule has 0 radical (unpaired) electrons. The van der Waals surface area contributed by atoms with Gasteiger partial charge in [-0.2, -0.15) is 4.98 Å². The summed E-state index contributed by atoms with van der Waals surface area (Å²) >= 11 is 0. The molecule has 36 heavy (non-hydrogen) atoms. The Morgan fingerprint density at radius 3 is 2.47 bits per heavy atom. The number of nitrogens with two attached hydrogens (primary N) is 1. The Balaban J connectivity index is 1.45. The van der Waals surface area contributed by atoms with Crippen molar-refractivity contribution in [3.63, 3.8) is 0 Å². The molecule has 1 saturated carbocycles. The highest BCUT2D eigenvalue weighted by Gasteiger charge is 2.37. The van der Waals surface area contributed by atoms with Crippen molar-refractivity contribution in [2.75, 3.05) is 42.9 Å². The van der Waals surface area contributed by atoms with Crippen LogP contribution in [0.25, 0.3) is 0 Å². The van der Waals surface area contributed by atoms with Crippen molar-refractivity contribution in [1.82, 2.24) is 20.2 Å². The van der Waals surface area contributed by atoms with Crippen LogP contribution < -0.4 is 21.3 Å². The van der Waals surface area contributed by atoms with Crippen LogP contribution in [0.4, 0.5) is 11.8 Å². The molecule has 1 aromatic rings.